The Kier molecular flexibility index (Phi) is 4.20. The van der Waals surface area contributed by atoms with Crippen molar-refractivity contribution in [1.82, 2.24) is 4.90 Å². The van der Waals surface area contributed by atoms with Gasteiger partial charge in [0.2, 0.25) is 5.91 Å². The van der Waals surface area contributed by atoms with E-state index in [0.717, 1.165) is 24.9 Å². The molecule has 0 aliphatic carbocycles. The lowest BCUT2D eigenvalue weighted by atomic mass is 10.1. The number of hydrogen-bond donors (Lipinski definition) is 1. The van der Waals surface area contributed by atoms with Crippen LogP contribution in [0.1, 0.15) is 30.9 Å². The van der Waals surface area contributed by atoms with E-state index in [1.807, 2.05) is 24.3 Å². The van der Waals surface area contributed by atoms with Gasteiger partial charge in [-0.3, -0.25) is 4.79 Å². The van der Waals surface area contributed by atoms with Crippen molar-refractivity contribution in [2.75, 3.05) is 20.2 Å². The molecule has 98 valence electrons. The van der Waals surface area contributed by atoms with Crippen molar-refractivity contribution < 1.29 is 14.6 Å². The van der Waals surface area contributed by atoms with Crippen LogP contribution < -0.4 is 4.74 Å². The van der Waals surface area contributed by atoms with Crippen molar-refractivity contribution in [3.63, 3.8) is 0 Å². The maximum atomic E-state index is 11.7. The number of benzene rings is 1. The second-order valence-electron chi connectivity index (χ2n) is 4.55. The Morgan fingerprint density at radius 1 is 1.39 bits per heavy atom. The van der Waals surface area contributed by atoms with E-state index >= 15 is 0 Å². The van der Waals surface area contributed by atoms with Crippen molar-refractivity contribution >= 4 is 5.91 Å². The number of ether oxygens (including phenoxy) is 1. The first kappa shape index (κ1) is 12.9. The number of β-amino-alcohol motifs (C(OH)–C–C–N with tert-alkyl or cyclic N) is 1. The normalized spacial score (nSPS) is 17.7. The van der Waals surface area contributed by atoms with Crippen LogP contribution in [0.25, 0.3) is 0 Å². The number of hydrogen-bond acceptors (Lipinski definition) is 3. The largest absolute Gasteiger partial charge is 0.496 e. The van der Waals surface area contributed by atoms with Crippen LogP contribution in [0.15, 0.2) is 24.3 Å². The van der Waals surface area contributed by atoms with Crippen LogP contribution in [0.2, 0.25) is 0 Å². The van der Waals surface area contributed by atoms with Gasteiger partial charge in [-0.2, -0.15) is 0 Å². The third kappa shape index (κ3) is 2.82. The molecule has 1 amide bonds. The molecule has 0 spiro atoms. The molecule has 1 aliphatic rings. The summed E-state index contributed by atoms with van der Waals surface area (Å²) in [7, 11) is 1.58. The van der Waals surface area contributed by atoms with Crippen LogP contribution in [0, 0.1) is 0 Å². The molecule has 1 fully saturated rings. The Labute approximate surface area is 107 Å². The molecular formula is C14H19NO3. The van der Waals surface area contributed by atoms with Gasteiger partial charge in [0.1, 0.15) is 11.9 Å². The molecule has 0 aromatic heterocycles. The summed E-state index contributed by atoms with van der Waals surface area (Å²) in [5.41, 5.74) is 0.735. The summed E-state index contributed by atoms with van der Waals surface area (Å²) in [5.74, 6) is 0.796. The summed E-state index contributed by atoms with van der Waals surface area (Å²) < 4.78 is 5.22. The van der Waals surface area contributed by atoms with Crippen molar-refractivity contribution in [3.8, 4) is 5.75 Å². The van der Waals surface area contributed by atoms with Gasteiger partial charge in [0.05, 0.1) is 13.7 Å². The Morgan fingerprint density at radius 3 is 2.89 bits per heavy atom. The highest BCUT2D eigenvalue weighted by Gasteiger charge is 2.22. The molecule has 4 heteroatoms. The Bertz CT molecular complexity index is 419. The zero-order chi connectivity index (χ0) is 13.0. The highest BCUT2D eigenvalue weighted by atomic mass is 16.5. The molecule has 1 heterocycles. The van der Waals surface area contributed by atoms with Crippen molar-refractivity contribution in [3.05, 3.63) is 29.8 Å². The van der Waals surface area contributed by atoms with Crippen LogP contribution >= 0.6 is 0 Å². The number of amides is 1. The number of likely N-dealkylation sites (tertiary alicyclic amines) is 1. The molecule has 1 N–H and O–H groups in total. The van der Waals surface area contributed by atoms with Gasteiger partial charge >= 0.3 is 0 Å². The molecule has 18 heavy (non-hydrogen) atoms. The van der Waals surface area contributed by atoms with Gasteiger partial charge in [-0.25, -0.2) is 0 Å². The maximum absolute atomic E-state index is 11.7. The number of nitrogens with zero attached hydrogens (tertiary/aromatic N) is 1. The first-order valence-electron chi connectivity index (χ1n) is 6.31. The number of aliphatic hydroxyl groups is 1. The summed E-state index contributed by atoms with van der Waals surface area (Å²) in [6.07, 6.45) is 1.88. The van der Waals surface area contributed by atoms with Gasteiger partial charge in [0.25, 0.3) is 0 Å². The SMILES string of the molecule is COc1ccccc1C(O)CN1CCCCC1=O. The zero-order valence-electron chi connectivity index (χ0n) is 10.6. The molecule has 0 saturated carbocycles. The minimum Gasteiger partial charge on any atom is -0.496 e. The predicted molar refractivity (Wildman–Crippen MR) is 68.4 cm³/mol. The number of methoxy groups -OCH3 is 1. The topological polar surface area (TPSA) is 49.8 Å². The number of para-hydroxylation sites is 1. The van der Waals surface area contributed by atoms with Crippen LogP contribution in [0.5, 0.6) is 5.75 Å². The molecule has 0 radical (unpaired) electrons. The molecule has 1 unspecified atom stereocenters. The molecule has 1 aliphatic heterocycles. The van der Waals surface area contributed by atoms with Crippen molar-refractivity contribution in [2.24, 2.45) is 0 Å². The quantitative estimate of drug-likeness (QED) is 0.884. The van der Waals surface area contributed by atoms with E-state index in [1.54, 1.807) is 12.0 Å². The fourth-order valence-corrected chi connectivity index (χ4v) is 2.30. The maximum Gasteiger partial charge on any atom is 0.222 e. The number of carbonyl (C=O) groups excluding carboxylic acids is 1. The molecule has 1 aromatic rings. The fraction of sp³-hybridized carbons (Fsp3) is 0.500. The first-order valence-corrected chi connectivity index (χ1v) is 6.31. The van der Waals surface area contributed by atoms with Crippen molar-refractivity contribution in [1.29, 1.82) is 0 Å². The lowest BCUT2D eigenvalue weighted by Crippen LogP contribution is -2.38. The third-order valence-corrected chi connectivity index (χ3v) is 3.31. The van der Waals surface area contributed by atoms with Crippen molar-refractivity contribution in [2.45, 2.75) is 25.4 Å². The minimum absolute atomic E-state index is 0.134. The average molecular weight is 249 g/mol. The van der Waals surface area contributed by atoms with Gasteiger partial charge in [-0.05, 0) is 18.9 Å². The van der Waals surface area contributed by atoms with E-state index in [2.05, 4.69) is 0 Å². The minimum atomic E-state index is -0.691. The highest BCUT2D eigenvalue weighted by molar-refractivity contribution is 5.76. The Balaban J connectivity index is 2.06. The van der Waals surface area contributed by atoms with Crippen LogP contribution in [0.4, 0.5) is 0 Å². The van der Waals surface area contributed by atoms with Gasteiger partial charge in [-0.1, -0.05) is 18.2 Å². The fourth-order valence-electron chi connectivity index (χ4n) is 2.30. The van der Waals surface area contributed by atoms with Gasteiger partial charge < -0.3 is 14.7 Å². The first-order chi connectivity index (χ1) is 8.72. The molecule has 1 atom stereocenters. The molecule has 1 aromatic carbocycles. The highest BCUT2D eigenvalue weighted by Crippen LogP contribution is 2.26. The van der Waals surface area contributed by atoms with Gasteiger partial charge in [0, 0.05) is 18.5 Å². The Morgan fingerprint density at radius 2 is 2.17 bits per heavy atom. The summed E-state index contributed by atoms with van der Waals surface area (Å²) in [6.45, 7) is 1.09. The zero-order valence-corrected chi connectivity index (χ0v) is 10.6. The van der Waals surface area contributed by atoms with Gasteiger partial charge in [-0.15, -0.1) is 0 Å². The average Bonchev–Trinajstić information content (AvgIpc) is 2.41. The molecule has 0 bridgehead atoms. The Hall–Kier alpha value is -1.55. The number of carbonyl (C=O) groups is 1. The lowest BCUT2D eigenvalue weighted by Gasteiger charge is -2.29. The van der Waals surface area contributed by atoms with Crippen LogP contribution in [-0.2, 0) is 4.79 Å². The molecule has 1 saturated heterocycles. The number of rotatable bonds is 4. The third-order valence-electron chi connectivity index (χ3n) is 3.31. The number of piperidine rings is 1. The second kappa shape index (κ2) is 5.87. The van der Waals surface area contributed by atoms with E-state index in [1.165, 1.54) is 0 Å². The van der Waals surface area contributed by atoms with E-state index in [-0.39, 0.29) is 5.91 Å². The molecule has 4 nitrogen and oxygen atoms in total. The lowest BCUT2D eigenvalue weighted by molar-refractivity contribution is -0.134. The monoisotopic (exact) mass is 249 g/mol. The van der Waals surface area contributed by atoms with E-state index in [4.69, 9.17) is 4.74 Å². The number of aliphatic hydroxyl groups excluding tert-OH is 1. The smallest absolute Gasteiger partial charge is 0.222 e. The van der Waals surface area contributed by atoms with E-state index in [9.17, 15) is 9.90 Å². The summed E-state index contributed by atoms with van der Waals surface area (Å²) in [5, 5.41) is 10.2. The predicted octanol–water partition coefficient (Wildman–Crippen LogP) is 1.74. The van der Waals surface area contributed by atoms with Gasteiger partial charge in [0.15, 0.2) is 0 Å². The van der Waals surface area contributed by atoms with Crippen LogP contribution in [0.3, 0.4) is 0 Å². The molecular weight excluding hydrogens is 230 g/mol. The summed E-state index contributed by atoms with van der Waals surface area (Å²) in [6, 6.07) is 7.37. The summed E-state index contributed by atoms with van der Waals surface area (Å²) in [4.78, 5) is 13.4. The van der Waals surface area contributed by atoms with E-state index in [0.29, 0.717) is 18.7 Å². The summed E-state index contributed by atoms with van der Waals surface area (Å²) >= 11 is 0. The molecule has 2 rings (SSSR count). The second-order valence-corrected chi connectivity index (χ2v) is 4.55. The standard InChI is InChI=1S/C14H19NO3/c1-18-13-7-3-2-6-11(13)12(16)10-15-9-5-4-8-14(15)17/h2-3,6-7,12,16H,4-5,8-10H2,1H3. The van der Waals surface area contributed by atoms with E-state index < -0.39 is 6.10 Å². The van der Waals surface area contributed by atoms with Crippen LogP contribution in [-0.4, -0.2) is 36.1 Å².